The van der Waals surface area contributed by atoms with Crippen molar-refractivity contribution in [1.29, 1.82) is 0 Å². The van der Waals surface area contributed by atoms with Gasteiger partial charge in [-0.25, -0.2) is 4.79 Å². The third-order valence-electron chi connectivity index (χ3n) is 3.26. The quantitative estimate of drug-likeness (QED) is 0.852. The van der Waals surface area contributed by atoms with Crippen LogP contribution in [0.15, 0.2) is 22.7 Å². The zero-order valence-corrected chi connectivity index (χ0v) is 12.4. The molecule has 2 rings (SSSR count). The summed E-state index contributed by atoms with van der Waals surface area (Å²) < 4.78 is 5.92. The van der Waals surface area contributed by atoms with E-state index >= 15 is 0 Å². The van der Waals surface area contributed by atoms with E-state index in [1.54, 1.807) is 0 Å². The highest BCUT2D eigenvalue weighted by molar-refractivity contribution is 9.10. The maximum absolute atomic E-state index is 11.9. The van der Waals surface area contributed by atoms with Crippen molar-refractivity contribution in [3.8, 4) is 0 Å². The summed E-state index contributed by atoms with van der Waals surface area (Å²) in [4.78, 5) is 14.0. The number of rotatable bonds is 2. The van der Waals surface area contributed by atoms with Crippen LogP contribution in [0.3, 0.4) is 0 Å². The van der Waals surface area contributed by atoms with Crippen LogP contribution in [-0.2, 0) is 9.53 Å². The summed E-state index contributed by atoms with van der Waals surface area (Å²) in [7, 11) is 1.43. The molecule has 0 aromatic heterocycles. The van der Waals surface area contributed by atoms with Gasteiger partial charge in [0.15, 0.2) is 0 Å². The standard InChI is InChI=1S/C13H17BrN2O2/c1-13(2,12(17)18-3)16-7-6-15-10-8-9(14)4-5-11(10)16/h4-5,8,15H,6-7H2,1-3H3. The number of carbonyl (C=O) groups is 1. The number of esters is 1. The van der Waals surface area contributed by atoms with Crippen molar-refractivity contribution < 1.29 is 9.53 Å². The van der Waals surface area contributed by atoms with Gasteiger partial charge in [0.1, 0.15) is 5.54 Å². The maximum atomic E-state index is 11.9. The van der Waals surface area contributed by atoms with E-state index in [1.807, 2.05) is 32.0 Å². The van der Waals surface area contributed by atoms with E-state index in [0.717, 1.165) is 28.9 Å². The molecule has 0 fully saturated rings. The minimum atomic E-state index is -0.667. The summed E-state index contributed by atoms with van der Waals surface area (Å²) in [6, 6.07) is 6.01. The highest BCUT2D eigenvalue weighted by atomic mass is 79.9. The first-order chi connectivity index (χ1) is 8.46. The molecule has 4 nitrogen and oxygen atoms in total. The van der Waals surface area contributed by atoms with E-state index in [-0.39, 0.29) is 5.97 Å². The number of benzene rings is 1. The van der Waals surface area contributed by atoms with E-state index in [9.17, 15) is 4.79 Å². The van der Waals surface area contributed by atoms with Crippen molar-refractivity contribution >= 4 is 33.3 Å². The molecular weight excluding hydrogens is 296 g/mol. The number of nitrogens with one attached hydrogen (secondary N) is 1. The number of anilines is 2. The van der Waals surface area contributed by atoms with Crippen LogP contribution in [0, 0.1) is 0 Å². The van der Waals surface area contributed by atoms with Gasteiger partial charge >= 0.3 is 5.97 Å². The van der Waals surface area contributed by atoms with Crippen molar-refractivity contribution in [3.05, 3.63) is 22.7 Å². The fourth-order valence-corrected chi connectivity index (χ4v) is 2.61. The van der Waals surface area contributed by atoms with E-state index in [2.05, 4.69) is 26.1 Å². The predicted molar refractivity (Wildman–Crippen MR) is 76.1 cm³/mol. The minimum absolute atomic E-state index is 0.224. The van der Waals surface area contributed by atoms with Gasteiger partial charge in [-0.2, -0.15) is 0 Å². The zero-order chi connectivity index (χ0) is 13.3. The lowest BCUT2D eigenvalue weighted by atomic mass is 10.00. The van der Waals surface area contributed by atoms with E-state index < -0.39 is 5.54 Å². The van der Waals surface area contributed by atoms with Gasteiger partial charge in [0.05, 0.1) is 18.5 Å². The Hall–Kier alpha value is -1.23. The van der Waals surface area contributed by atoms with Crippen LogP contribution >= 0.6 is 15.9 Å². The fraction of sp³-hybridized carbons (Fsp3) is 0.462. The van der Waals surface area contributed by atoms with Gasteiger partial charge in [-0.3, -0.25) is 0 Å². The molecule has 18 heavy (non-hydrogen) atoms. The second-order valence-electron chi connectivity index (χ2n) is 4.79. The highest BCUT2D eigenvalue weighted by Gasteiger charge is 2.37. The second-order valence-corrected chi connectivity index (χ2v) is 5.71. The summed E-state index contributed by atoms with van der Waals surface area (Å²) in [5, 5.41) is 3.34. The molecule has 1 aliphatic rings. The Kier molecular flexibility index (Phi) is 3.52. The Labute approximate surface area is 115 Å². The molecule has 0 aliphatic carbocycles. The monoisotopic (exact) mass is 312 g/mol. The number of carbonyl (C=O) groups excluding carboxylic acids is 1. The summed E-state index contributed by atoms with van der Waals surface area (Å²) in [6.07, 6.45) is 0. The normalized spacial score (nSPS) is 14.8. The van der Waals surface area contributed by atoms with Gasteiger partial charge in [-0.05, 0) is 32.0 Å². The lowest BCUT2D eigenvalue weighted by Gasteiger charge is -2.41. The molecule has 0 unspecified atom stereocenters. The molecule has 0 spiro atoms. The molecule has 0 bridgehead atoms. The highest BCUT2D eigenvalue weighted by Crippen LogP contribution is 2.36. The number of hydrogen-bond acceptors (Lipinski definition) is 4. The lowest BCUT2D eigenvalue weighted by Crippen LogP contribution is -2.54. The number of fused-ring (bicyclic) bond motifs is 1. The Balaban J connectivity index is 2.41. The topological polar surface area (TPSA) is 41.6 Å². The fourth-order valence-electron chi connectivity index (χ4n) is 2.25. The third-order valence-corrected chi connectivity index (χ3v) is 3.75. The van der Waals surface area contributed by atoms with Crippen LogP contribution in [0.2, 0.25) is 0 Å². The van der Waals surface area contributed by atoms with Gasteiger partial charge in [0, 0.05) is 17.6 Å². The molecule has 1 aromatic rings. The average Bonchev–Trinajstić information content (AvgIpc) is 2.36. The number of hydrogen-bond donors (Lipinski definition) is 1. The lowest BCUT2D eigenvalue weighted by molar-refractivity contribution is -0.145. The summed E-state index contributed by atoms with van der Waals surface area (Å²) >= 11 is 3.45. The molecule has 0 amide bonds. The van der Waals surface area contributed by atoms with Gasteiger partial charge in [0.2, 0.25) is 0 Å². The Morgan fingerprint density at radius 1 is 1.50 bits per heavy atom. The third kappa shape index (κ3) is 2.19. The molecule has 1 heterocycles. The Bertz CT molecular complexity index is 474. The summed E-state index contributed by atoms with van der Waals surface area (Å²) in [6.45, 7) is 5.35. The van der Waals surface area contributed by atoms with E-state index in [1.165, 1.54) is 7.11 Å². The van der Waals surface area contributed by atoms with Crippen molar-refractivity contribution in [1.82, 2.24) is 0 Å². The Morgan fingerprint density at radius 3 is 2.89 bits per heavy atom. The summed E-state index contributed by atoms with van der Waals surface area (Å²) in [5.41, 5.74) is 1.40. The molecule has 98 valence electrons. The van der Waals surface area contributed by atoms with E-state index in [4.69, 9.17) is 4.74 Å². The van der Waals surface area contributed by atoms with Crippen molar-refractivity contribution in [2.24, 2.45) is 0 Å². The number of ether oxygens (including phenoxy) is 1. The molecule has 0 radical (unpaired) electrons. The number of methoxy groups -OCH3 is 1. The van der Waals surface area contributed by atoms with Crippen LogP contribution in [0.5, 0.6) is 0 Å². The van der Waals surface area contributed by atoms with Crippen LogP contribution in [0.1, 0.15) is 13.8 Å². The molecule has 0 saturated carbocycles. The average molecular weight is 313 g/mol. The first-order valence-corrected chi connectivity index (χ1v) is 6.65. The molecule has 0 atom stereocenters. The molecular formula is C13H17BrN2O2. The first kappa shape index (κ1) is 13.2. The van der Waals surface area contributed by atoms with Crippen molar-refractivity contribution in [2.75, 3.05) is 30.4 Å². The van der Waals surface area contributed by atoms with Crippen LogP contribution < -0.4 is 10.2 Å². The zero-order valence-electron chi connectivity index (χ0n) is 10.8. The van der Waals surface area contributed by atoms with Gasteiger partial charge < -0.3 is 15.0 Å². The van der Waals surface area contributed by atoms with Crippen LogP contribution in [-0.4, -0.2) is 31.7 Å². The number of halogens is 1. The molecule has 1 aromatic carbocycles. The SMILES string of the molecule is COC(=O)C(C)(C)N1CCNc2cc(Br)ccc21. The largest absolute Gasteiger partial charge is 0.467 e. The van der Waals surface area contributed by atoms with Crippen LogP contribution in [0.4, 0.5) is 11.4 Å². The predicted octanol–water partition coefficient (Wildman–Crippen LogP) is 2.63. The van der Waals surface area contributed by atoms with E-state index in [0.29, 0.717) is 0 Å². The van der Waals surface area contributed by atoms with Gasteiger partial charge in [0.25, 0.3) is 0 Å². The molecule has 0 saturated heterocycles. The molecule has 5 heteroatoms. The minimum Gasteiger partial charge on any atom is -0.467 e. The first-order valence-electron chi connectivity index (χ1n) is 5.86. The summed E-state index contributed by atoms with van der Waals surface area (Å²) in [5.74, 6) is -0.224. The van der Waals surface area contributed by atoms with Crippen LogP contribution in [0.25, 0.3) is 0 Å². The smallest absolute Gasteiger partial charge is 0.331 e. The maximum Gasteiger partial charge on any atom is 0.331 e. The Morgan fingerprint density at radius 2 is 2.22 bits per heavy atom. The van der Waals surface area contributed by atoms with Gasteiger partial charge in [-0.1, -0.05) is 15.9 Å². The van der Waals surface area contributed by atoms with Gasteiger partial charge in [-0.15, -0.1) is 0 Å². The molecule has 1 N–H and O–H groups in total. The molecule has 1 aliphatic heterocycles. The van der Waals surface area contributed by atoms with Crippen molar-refractivity contribution in [2.45, 2.75) is 19.4 Å². The number of nitrogens with zero attached hydrogens (tertiary/aromatic N) is 1. The second kappa shape index (κ2) is 4.80. The van der Waals surface area contributed by atoms with Crippen molar-refractivity contribution in [3.63, 3.8) is 0 Å².